The maximum absolute atomic E-state index is 12.0. The Morgan fingerprint density at radius 3 is 2.76 bits per heavy atom. The molecule has 1 amide bonds. The van der Waals surface area contributed by atoms with Gasteiger partial charge < -0.3 is 9.64 Å². The average molecular weight is 257 g/mol. The molecule has 0 aliphatic heterocycles. The maximum atomic E-state index is 12.0. The average Bonchev–Trinajstić information content (AvgIpc) is 2.82. The van der Waals surface area contributed by atoms with E-state index in [0.29, 0.717) is 23.5 Å². The number of carbonyl (C=O) groups is 2. The van der Waals surface area contributed by atoms with Crippen molar-refractivity contribution >= 4 is 23.4 Å². The van der Waals surface area contributed by atoms with Gasteiger partial charge in [-0.15, -0.1) is 5.10 Å². The molecule has 0 spiro atoms. The largest absolute Gasteiger partial charge is 0.469 e. The van der Waals surface area contributed by atoms with E-state index < -0.39 is 0 Å². The number of carbonyl (C=O) groups excluding carboxylic acids is 2. The molecule has 17 heavy (non-hydrogen) atoms. The molecule has 0 unspecified atom stereocenters. The van der Waals surface area contributed by atoms with E-state index in [0.717, 1.165) is 11.5 Å². The zero-order valence-corrected chi connectivity index (χ0v) is 10.9. The standard InChI is InChI=1S/C10H15N3O3S/c1-4-7-9(17-12-11-7)10(15)13(2)6-5-8(14)16-3/h4-6H2,1-3H3. The molecule has 0 fully saturated rings. The summed E-state index contributed by atoms with van der Waals surface area (Å²) >= 11 is 1.08. The van der Waals surface area contributed by atoms with Crippen LogP contribution in [-0.2, 0) is 16.0 Å². The van der Waals surface area contributed by atoms with Gasteiger partial charge in [-0.25, -0.2) is 0 Å². The molecule has 0 aliphatic rings. The van der Waals surface area contributed by atoms with Crippen LogP contribution < -0.4 is 0 Å². The first-order valence-electron chi connectivity index (χ1n) is 5.23. The maximum Gasteiger partial charge on any atom is 0.307 e. The molecule has 0 saturated carbocycles. The number of hydrogen-bond acceptors (Lipinski definition) is 6. The second kappa shape index (κ2) is 6.29. The van der Waals surface area contributed by atoms with Crippen LogP contribution in [0.5, 0.6) is 0 Å². The summed E-state index contributed by atoms with van der Waals surface area (Å²) < 4.78 is 8.28. The first-order chi connectivity index (χ1) is 8.10. The molecule has 6 nitrogen and oxygen atoms in total. The lowest BCUT2D eigenvalue weighted by molar-refractivity contribution is -0.140. The van der Waals surface area contributed by atoms with E-state index in [2.05, 4.69) is 14.3 Å². The number of methoxy groups -OCH3 is 1. The van der Waals surface area contributed by atoms with Gasteiger partial charge in [0, 0.05) is 13.6 Å². The summed E-state index contributed by atoms with van der Waals surface area (Å²) in [5.41, 5.74) is 0.699. The number of ether oxygens (including phenoxy) is 1. The Hall–Kier alpha value is -1.50. The van der Waals surface area contributed by atoms with Gasteiger partial charge in [0.05, 0.1) is 19.2 Å². The molecule has 1 aromatic heterocycles. The van der Waals surface area contributed by atoms with E-state index in [-0.39, 0.29) is 18.3 Å². The second-order valence-electron chi connectivity index (χ2n) is 3.46. The van der Waals surface area contributed by atoms with Crippen LogP contribution >= 0.6 is 11.5 Å². The van der Waals surface area contributed by atoms with E-state index in [4.69, 9.17) is 0 Å². The first kappa shape index (κ1) is 13.6. The molecular formula is C10H15N3O3S. The lowest BCUT2D eigenvalue weighted by atomic mass is 10.2. The molecule has 0 atom stereocenters. The van der Waals surface area contributed by atoms with E-state index in [1.54, 1.807) is 7.05 Å². The number of hydrogen-bond donors (Lipinski definition) is 0. The minimum absolute atomic E-state index is 0.152. The fourth-order valence-corrected chi connectivity index (χ4v) is 1.98. The van der Waals surface area contributed by atoms with E-state index >= 15 is 0 Å². The fourth-order valence-electron chi connectivity index (χ4n) is 1.24. The molecule has 1 heterocycles. The van der Waals surface area contributed by atoms with Crippen LogP contribution in [0.4, 0.5) is 0 Å². The van der Waals surface area contributed by atoms with Crippen LogP contribution in [0.2, 0.25) is 0 Å². The quantitative estimate of drug-likeness (QED) is 0.727. The highest BCUT2D eigenvalue weighted by Gasteiger charge is 2.19. The van der Waals surface area contributed by atoms with Crippen molar-refractivity contribution in [2.24, 2.45) is 0 Å². The molecule has 0 saturated heterocycles. The molecule has 1 rings (SSSR count). The second-order valence-corrected chi connectivity index (χ2v) is 4.21. The van der Waals surface area contributed by atoms with Gasteiger partial charge >= 0.3 is 5.97 Å². The highest BCUT2D eigenvalue weighted by Crippen LogP contribution is 2.13. The Morgan fingerprint density at radius 2 is 2.18 bits per heavy atom. The fraction of sp³-hybridized carbons (Fsp3) is 0.600. The summed E-state index contributed by atoms with van der Waals surface area (Å²) in [6, 6.07) is 0. The summed E-state index contributed by atoms with van der Waals surface area (Å²) in [6.45, 7) is 2.24. The van der Waals surface area contributed by atoms with Gasteiger partial charge in [0.1, 0.15) is 4.88 Å². The van der Waals surface area contributed by atoms with Crippen LogP contribution in [0.15, 0.2) is 0 Å². The number of rotatable bonds is 5. The SMILES string of the molecule is CCc1nnsc1C(=O)N(C)CCC(=O)OC. The van der Waals surface area contributed by atoms with Crippen LogP contribution in [0.3, 0.4) is 0 Å². The molecule has 0 bridgehead atoms. The predicted molar refractivity (Wildman–Crippen MR) is 62.9 cm³/mol. The molecule has 0 aliphatic carbocycles. The van der Waals surface area contributed by atoms with Crippen molar-refractivity contribution in [2.75, 3.05) is 20.7 Å². The smallest absolute Gasteiger partial charge is 0.307 e. The molecule has 0 radical (unpaired) electrons. The van der Waals surface area contributed by atoms with Gasteiger partial charge in [-0.2, -0.15) is 0 Å². The third-order valence-electron chi connectivity index (χ3n) is 2.31. The lowest BCUT2D eigenvalue weighted by Gasteiger charge is -2.15. The van der Waals surface area contributed by atoms with Crippen LogP contribution in [0.25, 0.3) is 0 Å². The Morgan fingerprint density at radius 1 is 1.47 bits per heavy atom. The first-order valence-corrected chi connectivity index (χ1v) is 6.01. The van der Waals surface area contributed by atoms with Gasteiger partial charge in [0.25, 0.3) is 5.91 Å². The predicted octanol–water partition coefficient (Wildman–Crippen LogP) is 0.736. The summed E-state index contributed by atoms with van der Waals surface area (Å²) in [6.07, 6.45) is 0.856. The number of esters is 1. The van der Waals surface area contributed by atoms with E-state index in [1.807, 2.05) is 6.92 Å². The van der Waals surface area contributed by atoms with Gasteiger partial charge in [-0.3, -0.25) is 9.59 Å². The molecule has 1 aromatic rings. The Balaban J connectivity index is 2.61. The Kier molecular flexibility index (Phi) is 5.02. The monoisotopic (exact) mass is 257 g/mol. The number of nitrogens with zero attached hydrogens (tertiary/aromatic N) is 3. The zero-order chi connectivity index (χ0) is 12.8. The lowest BCUT2D eigenvalue weighted by Crippen LogP contribution is -2.29. The third-order valence-corrected chi connectivity index (χ3v) is 3.07. The summed E-state index contributed by atoms with van der Waals surface area (Å²) in [4.78, 5) is 25.0. The van der Waals surface area contributed by atoms with Gasteiger partial charge in [0.2, 0.25) is 0 Å². The highest BCUT2D eigenvalue weighted by molar-refractivity contribution is 7.07. The minimum atomic E-state index is -0.331. The van der Waals surface area contributed by atoms with Gasteiger partial charge in [-0.05, 0) is 18.0 Å². The van der Waals surface area contributed by atoms with Crippen molar-refractivity contribution < 1.29 is 14.3 Å². The van der Waals surface area contributed by atoms with Gasteiger partial charge in [-0.1, -0.05) is 11.4 Å². The molecular weight excluding hydrogens is 242 g/mol. The van der Waals surface area contributed by atoms with Crippen molar-refractivity contribution in [1.82, 2.24) is 14.5 Å². The molecule has 0 N–H and O–H groups in total. The Labute approximate surface area is 104 Å². The Bertz CT molecular complexity index is 405. The third kappa shape index (κ3) is 3.48. The summed E-state index contributed by atoms with van der Waals surface area (Å²) in [5, 5.41) is 3.88. The number of amides is 1. The highest BCUT2D eigenvalue weighted by atomic mass is 32.1. The van der Waals surface area contributed by atoms with E-state index in [9.17, 15) is 9.59 Å². The van der Waals surface area contributed by atoms with Crippen molar-refractivity contribution in [3.63, 3.8) is 0 Å². The van der Waals surface area contributed by atoms with E-state index in [1.165, 1.54) is 12.0 Å². The van der Waals surface area contributed by atoms with Crippen molar-refractivity contribution in [1.29, 1.82) is 0 Å². The van der Waals surface area contributed by atoms with Crippen molar-refractivity contribution in [2.45, 2.75) is 19.8 Å². The van der Waals surface area contributed by atoms with Crippen molar-refractivity contribution in [3.05, 3.63) is 10.6 Å². The van der Waals surface area contributed by atoms with Crippen molar-refractivity contribution in [3.8, 4) is 0 Å². The molecule has 94 valence electrons. The molecule has 0 aromatic carbocycles. The topological polar surface area (TPSA) is 72.4 Å². The minimum Gasteiger partial charge on any atom is -0.469 e. The zero-order valence-electron chi connectivity index (χ0n) is 10.1. The molecule has 7 heteroatoms. The van der Waals surface area contributed by atoms with Crippen LogP contribution in [0, 0.1) is 0 Å². The summed E-state index contributed by atoms with van der Waals surface area (Å²) in [7, 11) is 2.97. The van der Waals surface area contributed by atoms with Crippen LogP contribution in [0.1, 0.15) is 28.7 Å². The van der Waals surface area contributed by atoms with Gasteiger partial charge in [0.15, 0.2) is 0 Å². The normalized spacial score (nSPS) is 10.1. The number of aromatic nitrogens is 2. The number of aryl methyl sites for hydroxylation is 1. The van der Waals surface area contributed by atoms with Crippen LogP contribution in [-0.4, -0.2) is 47.1 Å². The summed E-state index contributed by atoms with van der Waals surface area (Å²) in [5.74, 6) is -0.483.